The maximum absolute atomic E-state index is 5.82. The van der Waals surface area contributed by atoms with E-state index in [2.05, 4.69) is 41.1 Å². The molecule has 0 aliphatic carbocycles. The van der Waals surface area contributed by atoms with E-state index in [-0.39, 0.29) is 0 Å². The van der Waals surface area contributed by atoms with Crippen molar-refractivity contribution in [3.8, 4) is 11.1 Å². The molecule has 0 saturated carbocycles. The highest BCUT2D eigenvalue weighted by molar-refractivity contribution is 5.66. The number of hydrogen-bond acceptors (Lipinski definition) is 3. The van der Waals surface area contributed by atoms with Crippen molar-refractivity contribution >= 4 is 5.69 Å². The third-order valence-electron chi connectivity index (χ3n) is 4.15. The van der Waals surface area contributed by atoms with Gasteiger partial charge in [0.25, 0.3) is 0 Å². The van der Waals surface area contributed by atoms with Crippen molar-refractivity contribution in [1.29, 1.82) is 0 Å². The zero-order chi connectivity index (χ0) is 13.9. The lowest BCUT2D eigenvalue weighted by Crippen LogP contribution is -2.23. The van der Waals surface area contributed by atoms with E-state index in [1.165, 1.54) is 37.1 Å². The molecule has 0 amide bonds. The fourth-order valence-corrected chi connectivity index (χ4v) is 2.93. The molecule has 2 N–H and O–H groups in total. The summed E-state index contributed by atoms with van der Waals surface area (Å²) in [5.41, 5.74) is 10.2. The molecule has 0 radical (unpaired) electrons. The summed E-state index contributed by atoms with van der Waals surface area (Å²) >= 11 is 0. The molecule has 1 fully saturated rings. The molecule has 0 bridgehead atoms. The van der Waals surface area contributed by atoms with Crippen molar-refractivity contribution < 1.29 is 0 Å². The van der Waals surface area contributed by atoms with Gasteiger partial charge in [0.2, 0.25) is 0 Å². The van der Waals surface area contributed by atoms with Crippen LogP contribution in [0.5, 0.6) is 0 Å². The van der Waals surface area contributed by atoms with Crippen LogP contribution in [0.4, 0.5) is 5.69 Å². The number of nitrogens with zero attached hydrogens (tertiary/aromatic N) is 2. The number of anilines is 1. The minimum absolute atomic E-state index is 0.478. The van der Waals surface area contributed by atoms with Crippen LogP contribution in [0.3, 0.4) is 0 Å². The van der Waals surface area contributed by atoms with Gasteiger partial charge in [0.15, 0.2) is 0 Å². The molecule has 2 heterocycles. The van der Waals surface area contributed by atoms with Crippen LogP contribution in [0.25, 0.3) is 11.1 Å². The number of benzene rings is 1. The minimum Gasteiger partial charge on any atom is -0.397 e. The number of nitrogens with two attached hydrogens (primary N) is 1. The Hall–Kier alpha value is -1.87. The second kappa shape index (κ2) is 5.63. The molecule has 2 aromatic rings. The first-order valence-electron chi connectivity index (χ1n) is 7.29. The SMILES string of the molecule is C[C@H](c1cccc(-c2cncc(N)c2)c1)N1CCCC1. The summed E-state index contributed by atoms with van der Waals surface area (Å²) < 4.78 is 0. The summed E-state index contributed by atoms with van der Waals surface area (Å²) in [7, 11) is 0. The number of pyridine rings is 1. The Labute approximate surface area is 120 Å². The third kappa shape index (κ3) is 2.68. The van der Waals surface area contributed by atoms with Crippen molar-refractivity contribution in [2.45, 2.75) is 25.8 Å². The number of likely N-dealkylation sites (tertiary alicyclic amines) is 1. The molecular weight excluding hydrogens is 246 g/mol. The van der Waals surface area contributed by atoms with Gasteiger partial charge in [0, 0.05) is 24.0 Å². The predicted octanol–water partition coefficient (Wildman–Crippen LogP) is 3.49. The van der Waals surface area contributed by atoms with Crippen molar-refractivity contribution in [2.24, 2.45) is 0 Å². The van der Waals surface area contributed by atoms with Crippen LogP contribution in [0.15, 0.2) is 42.7 Å². The van der Waals surface area contributed by atoms with Gasteiger partial charge in [-0.1, -0.05) is 18.2 Å². The molecule has 3 nitrogen and oxygen atoms in total. The fraction of sp³-hybridized carbons (Fsp3) is 0.353. The Morgan fingerprint density at radius 1 is 1.10 bits per heavy atom. The van der Waals surface area contributed by atoms with Gasteiger partial charge in [0.1, 0.15) is 0 Å². The average Bonchev–Trinajstić information content (AvgIpc) is 3.01. The first kappa shape index (κ1) is 13.1. The van der Waals surface area contributed by atoms with Gasteiger partial charge in [-0.15, -0.1) is 0 Å². The standard InChI is InChI=1S/C17H21N3/c1-13(20-7-2-3-8-20)14-5-4-6-15(9-14)16-10-17(18)12-19-11-16/h4-6,9-13H,2-3,7-8,18H2,1H3/t13-/m1/s1. The zero-order valence-electron chi connectivity index (χ0n) is 11.9. The Morgan fingerprint density at radius 2 is 1.90 bits per heavy atom. The van der Waals surface area contributed by atoms with E-state index in [1.54, 1.807) is 6.20 Å². The van der Waals surface area contributed by atoms with Crippen molar-refractivity contribution in [1.82, 2.24) is 9.88 Å². The monoisotopic (exact) mass is 267 g/mol. The van der Waals surface area contributed by atoms with Gasteiger partial charge in [-0.05, 0) is 56.1 Å². The third-order valence-corrected chi connectivity index (χ3v) is 4.15. The molecule has 3 heteroatoms. The van der Waals surface area contributed by atoms with Gasteiger partial charge in [-0.3, -0.25) is 9.88 Å². The quantitative estimate of drug-likeness (QED) is 0.925. The van der Waals surface area contributed by atoms with E-state index in [0.29, 0.717) is 11.7 Å². The molecule has 104 valence electrons. The van der Waals surface area contributed by atoms with Crippen LogP contribution in [0.2, 0.25) is 0 Å². The summed E-state index contributed by atoms with van der Waals surface area (Å²) in [5.74, 6) is 0. The Morgan fingerprint density at radius 3 is 2.65 bits per heavy atom. The van der Waals surface area contributed by atoms with E-state index < -0.39 is 0 Å². The average molecular weight is 267 g/mol. The molecule has 1 aromatic heterocycles. The molecule has 1 saturated heterocycles. The first-order chi connectivity index (χ1) is 9.74. The molecule has 3 rings (SSSR count). The lowest BCUT2D eigenvalue weighted by molar-refractivity contribution is 0.263. The van der Waals surface area contributed by atoms with Crippen molar-refractivity contribution in [3.05, 3.63) is 48.3 Å². The van der Waals surface area contributed by atoms with Crippen LogP contribution in [-0.4, -0.2) is 23.0 Å². The molecular formula is C17H21N3. The molecule has 20 heavy (non-hydrogen) atoms. The lowest BCUT2D eigenvalue weighted by atomic mass is 10.0. The van der Waals surface area contributed by atoms with Crippen LogP contribution in [0.1, 0.15) is 31.4 Å². The Balaban J connectivity index is 1.89. The van der Waals surface area contributed by atoms with Gasteiger partial charge < -0.3 is 5.73 Å². The predicted molar refractivity (Wildman–Crippen MR) is 83.3 cm³/mol. The topological polar surface area (TPSA) is 42.1 Å². The van der Waals surface area contributed by atoms with Crippen LogP contribution < -0.4 is 5.73 Å². The summed E-state index contributed by atoms with van der Waals surface area (Å²) in [4.78, 5) is 6.73. The molecule has 1 aliphatic heterocycles. The molecule has 1 aliphatic rings. The number of rotatable bonds is 3. The largest absolute Gasteiger partial charge is 0.397 e. The van der Waals surface area contributed by atoms with Crippen LogP contribution >= 0.6 is 0 Å². The highest BCUT2D eigenvalue weighted by Gasteiger charge is 2.19. The number of hydrogen-bond donors (Lipinski definition) is 1. The van der Waals surface area contributed by atoms with Crippen molar-refractivity contribution in [3.63, 3.8) is 0 Å². The van der Waals surface area contributed by atoms with Gasteiger partial charge >= 0.3 is 0 Å². The molecule has 1 atom stereocenters. The second-order valence-corrected chi connectivity index (χ2v) is 5.55. The molecule has 0 unspecified atom stereocenters. The second-order valence-electron chi connectivity index (χ2n) is 5.55. The highest BCUT2D eigenvalue weighted by Crippen LogP contribution is 2.28. The smallest absolute Gasteiger partial charge is 0.0506 e. The normalized spacial score (nSPS) is 17.2. The van der Waals surface area contributed by atoms with E-state index in [1.807, 2.05) is 12.3 Å². The molecule has 1 aromatic carbocycles. The van der Waals surface area contributed by atoms with E-state index in [0.717, 1.165) is 5.56 Å². The van der Waals surface area contributed by atoms with E-state index in [4.69, 9.17) is 5.73 Å². The van der Waals surface area contributed by atoms with Crippen LogP contribution in [-0.2, 0) is 0 Å². The van der Waals surface area contributed by atoms with E-state index >= 15 is 0 Å². The maximum atomic E-state index is 5.82. The lowest BCUT2D eigenvalue weighted by Gasteiger charge is -2.24. The first-order valence-corrected chi connectivity index (χ1v) is 7.29. The van der Waals surface area contributed by atoms with Gasteiger partial charge in [-0.25, -0.2) is 0 Å². The summed E-state index contributed by atoms with van der Waals surface area (Å²) in [5, 5.41) is 0. The number of aromatic nitrogens is 1. The number of nitrogen functional groups attached to an aromatic ring is 1. The Kier molecular flexibility index (Phi) is 3.70. The van der Waals surface area contributed by atoms with Crippen molar-refractivity contribution in [2.75, 3.05) is 18.8 Å². The minimum atomic E-state index is 0.478. The Bertz CT molecular complexity index is 588. The summed E-state index contributed by atoms with van der Waals surface area (Å²) in [6.45, 7) is 4.72. The van der Waals surface area contributed by atoms with Gasteiger partial charge in [-0.2, -0.15) is 0 Å². The molecule has 0 spiro atoms. The zero-order valence-corrected chi connectivity index (χ0v) is 11.9. The van der Waals surface area contributed by atoms with Crippen LogP contribution in [0, 0.1) is 0 Å². The maximum Gasteiger partial charge on any atom is 0.0506 e. The van der Waals surface area contributed by atoms with Gasteiger partial charge in [0.05, 0.1) is 5.69 Å². The fourth-order valence-electron chi connectivity index (χ4n) is 2.93. The van der Waals surface area contributed by atoms with E-state index in [9.17, 15) is 0 Å². The summed E-state index contributed by atoms with van der Waals surface area (Å²) in [6, 6.07) is 11.2. The summed E-state index contributed by atoms with van der Waals surface area (Å²) in [6.07, 6.45) is 6.20. The highest BCUT2D eigenvalue weighted by atomic mass is 15.2.